The van der Waals surface area contributed by atoms with Gasteiger partial charge in [0.25, 0.3) is 0 Å². The number of benzene rings is 1. The molecule has 1 heterocycles. The summed E-state index contributed by atoms with van der Waals surface area (Å²) in [7, 11) is 0. The van der Waals surface area contributed by atoms with Crippen LogP contribution in [0.5, 0.6) is 0 Å². The van der Waals surface area contributed by atoms with Gasteiger partial charge >= 0.3 is 0 Å². The highest BCUT2D eigenvalue weighted by atomic mass is 32.2. The number of anilines is 1. The quantitative estimate of drug-likeness (QED) is 0.773. The Labute approximate surface area is 151 Å². The average Bonchev–Trinajstić information content (AvgIpc) is 2.93. The molecule has 24 heavy (non-hydrogen) atoms. The number of carbonyl (C=O) groups excluding carboxylic acids is 1. The van der Waals surface area contributed by atoms with E-state index in [-0.39, 0.29) is 5.91 Å². The third-order valence-electron chi connectivity index (χ3n) is 4.15. The molecule has 1 aromatic heterocycles. The Hall–Kier alpha value is -1.77. The average molecular weight is 357 g/mol. The van der Waals surface area contributed by atoms with E-state index in [0.717, 1.165) is 35.6 Å². The Bertz CT molecular complexity index is 772. The predicted molar refractivity (Wildman–Crippen MR) is 101 cm³/mol. The van der Waals surface area contributed by atoms with E-state index in [1.165, 1.54) is 21.8 Å². The van der Waals surface area contributed by atoms with Gasteiger partial charge < -0.3 is 5.32 Å². The fourth-order valence-corrected chi connectivity index (χ4v) is 4.97. The van der Waals surface area contributed by atoms with Crippen molar-refractivity contribution < 1.29 is 4.79 Å². The molecular formula is C19H20N2OS2. The molecule has 1 amide bonds. The SMILES string of the molecule is Cc1ccc(SCCC(=O)Nc2sc3c(c2C#N)CCCC3)cc1. The van der Waals surface area contributed by atoms with E-state index < -0.39 is 0 Å². The lowest BCUT2D eigenvalue weighted by molar-refractivity contribution is -0.115. The minimum Gasteiger partial charge on any atom is -0.317 e. The molecule has 0 unspecified atom stereocenters. The third-order valence-corrected chi connectivity index (χ3v) is 6.38. The molecule has 0 fully saturated rings. The summed E-state index contributed by atoms with van der Waals surface area (Å²) in [5.41, 5.74) is 3.09. The lowest BCUT2D eigenvalue weighted by atomic mass is 9.96. The van der Waals surface area contributed by atoms with Gasteiger partial charge in [0, 0.05) is 21.9 Å². The number of amides is 1. The van der Waals surface area contributed by atoms with Crippen molar-refractivity contribution in [2.45, 2.75) is 43.9 Å². The number of fused-ring (bicyclic) bond motifs is 1. The molecule has 0 saturated carbocycles. The van der Waals surface area contributed by atoms with E-state index in [0.29, 0.717) is 12.0 Å². The molecule has 0 radical (unpaired) electrons. The molecule has 1 aliphatic rings. The molecule has 2 aromatic rings. The van der Waals surface area contributed by atoms with Crippen molar-refractivity contribution in [2.75, 3.05) is 11.1 Å². The first kappa shape index (κ1) is 17.1. The van der Waals surface area contributed by atoms with Gasteiger partial charge in [-0.15, -0.1) is 23.1 Å². The third kappa shape index (κ3) is 4.00. The van der Waals surface area contributed by atoms with Crippen molar-refractivity contribution >= 4 is 34.0 Å². The predicted octanol–water partition coefficient (Wildman–Crippen LogP) is 4.93. The van der Waals surface area contributed by atoms with Gasteiger partial charge in [-0.1, -0.05) is 17.7 Å². The van der Waals surface area contributed by atoms with Crippen molar-refractivity contribution in [3.63, 3.8) is 0 Å². The van der Waals surface area contributed by atoms with Crippen molar-refractivity contribution in [3.05, 3.63) is 45.8 Å². The van der Waals surface area contributed by atoms with E-state index in [9.17, 15) is 10.1 Å². The fourth-order valence-electron chi connectivity index (χ4n) is 2.86. The fraction of sp³-hybridized carbons (Fsp3) is 0.368. The van der Waals surface area contributed by atoms with E-state index in [1.54, 1.807) is 23.1 Å². The number of hydrogen-bond acceptors (Lipinski definition) is 4. The van der Waals surface area contributed by atoms with Crippen LogP contribution in [0.3, 0.4) is 0 Å². The molecule has 124 valence electrons. The van der Waals surface area contributed by atoms with Crippen molar-refractivity contribution in [2.24, 2.45) is 0 Å². The zero-order valence-electron chi connectivity index (χ0n) is 13.7. The Morgan fingerprint density at radius 3 is 2.79 bits per heavy atom. The first-order valence-electron chi connectivity index (χ1n) is 8.21. The molecule has 0 spiro atoms. The van der Waals surface area contributed by atoms with E-state index >= 15 is 0 Å². The number of thioether (sulfide) groups is 1. The number of thiophene rings is 1. The number of rotatable bonds is 5. The zero-order chi connectivity index (χ0) is 16.9. The summed E-state index contributed by atoms with van der Waals surface area (Å²) in [6.07, 6.45) is 4.77. The molecule has 5 heteroatoms. The van der Waals surface area contributed by atoms with Crippen LogP contribution in [0.2, 0.25) is 0 Å². The van der Waals surface area contributed by atoms with Crippen LogP contribution in [-0.2, 0) is 17.6 Å². The summed E-state index contributed by atoms with van der Waals surface area (Å²) in [4.78, 5) is 14.7. The molecule has 1 aliphatic carbocycles. The molecule has 1 N–H and O–H groups in total. The summed E-state index contributed by atoms with van der Waals surface area (Å²) in [5.74, 6) is 0.728. The van der Waals surface area contributed by atoms with Crippen LogP contribution >= 0.6 is 23.1 Å². The van der Waals surface area contributed by atoms with Crippen LogP contribution < -0.4 is 5.32 Å². The number of hydrogen-bond donors (Lipinski definition) is 1. The molecule has 0 atom stereocenters. The van der Waals surface area contributed by atoms with Crippen LogP contribution in [-0.4, -0.2) is 11.7 Å². The Morgan fingerprint density at radius 1 is 1.29 bits per heavy atom. The van der Waals surface area contributed by atoms with Gasteiger partial charge in [-0.2, -0.15) is 5.26 Å². The zero-order valence-corrected chi connectivity index (χ0v) is 15.4. The number of nitrogens with zero attached hydrogens (tertiary/aromatic N) is 1. The normalized spacial score (nSPS) is 13.2. The summed E-state index contributed by atoms with van der Waals surface area (Å²) in [6, 6.07) is 10.6. The van der Waals surface area contributed by atoms with Crippen LogP contribution in [0.1, 0.15) is 40.8 Å². The summed E-state index contributed by atoms with van der Waals surface area (Å²) in [5, 5.41) is 13.1. The van der Waals surface area contributed by atoms with Gasteiger partial charge in [-0.25, -0.2) is 0 Å². The van der Waals surface area contributed by atoms with Gasteiger partial charge in [0.15, 0.2) is 0 Å². The molecule has 1 aromatic carbocycles. The van der Waals surface area contributed by atoms with Crippen LogP contribution in [0.4, 0.5) is 5.00 Å². The van der Waals surface area contributed by atoms with E-state index in [2.05, 4.69) is 42.6 Å². The number of nitriles is 1. The number of aryl methyl sites for hydroxylation is 2. The minimum absolute atomic E-state index is 0.00953. The van der Waals surface area contributed by atoms with Crippen LogP contribution in [0.15, 0.2) is 29.2 Å². The van der Waals surface area contributed by atoms with Crippen molar-refractivity contribution in [1.82, 2.24) is 0 Å². The molecule has 3 rings (SSSR count). The highest BCUT2D eigenvalue weighted by Crippen LogP contribution is 2.37. The molecule has 0 aliphatic heterocycles. The smallest absolute Gasteiger partial charge is 0.225 e. The number of nitrogens with one attached hydrogen (secondary N) is 1. The second-order valence-corrected chi connectivity index (χ2v) is 8.26. The maximum absolute atomic E-state index is 12.2. The van der Waals surface area contributed by atoms with Gasteiger partial charge in [0.05, 0.1) is 5.56 Å². The topological polar surface area (TPSA) is 52.9 Å². The summed E-state index contributed by atoms with van der Waals surface area (Å²) in [6.45, 7) is 2.06. The first-order valence-corrected chi connectivity index (χ1v) is 10.0. The summed E-state index contributed by atoms with van der Waals surface area (Å²) < 4.78 is 0. The van der Waals surface area contributed by atoms with Crippen LogP contribution in [0.25, 0.3) is 0 Å². The van der Waals surface area contributed by atoms with Gasteiger partial charge in [0.1, 0.15) is 11.1 Å². The van der Waals surface area contributed by atoms with Crippen molar-refractivity contribution in [1.29, 1.82) is 5.26 Å². The van der Waals surface area contributed by atoms with Crippen molar-refractivity contribution in [3.8, 4) is 6.07 Å². The minimum atomic E-state index is -0.00953. The Balaban J connectivity index is 1.56. The lowest BCUT2D eigenvalue weighted by Gasteiger charge is -2.09. The second kappa shape index (κ2) is 7.87. The van der Waals surface area contributed by atoms with Crippen LogP contribution in [0, 0.1) is 18.3 Å². The molecule has 0 saturated heterocycles. The highest BCUT2D eigenvalue weighted by molar-refractivity contribution is 7.99. The van der Waals surface area contributed by atoms with E-state index in [4.69, 9.17) is 0 Å². The molecule has 0 bridgehead atoms. The summed E-state index contributed by atoms with van der Waals surface area (Å²) >= 11 is 3.27. The van der Waals surface area contributed by atoms with E-state index in [1.807, 2.05) is 0 Å². The number of carbonyl (C=O) groups is 1. The Morgan fingerprint density at radius 2 is 2.04 bits per heavy atom. The van der Waals surface area contributed by atoms with Gasteiger partial charge in [0.2, 0.25) is 5.91 Å². The standard InChI is InChI=1S/C19H20N2OS2/c1-13-6-8-14(9-7-13)23-11-10-18(22)21-19-16(12-20)15-4-2-3-5-17(15)24-19/h6-9H,2-5,10-11H2,1H3,(H,21,22). The monoisotopic (exact) mass is 356 g/mol. The largest absolute Gasteiger partial charge is 0.317 e. The molecular weight excluding hydrogens is 336 g/mol. The first-order chi connectivity index (χ1) is 11.7. The Kier molecular flexibility index (Phi) is 5.60. The van der Waals surface area contributed by atoms with Gasteiger partial charge in [-0.05, 0) is 50.3 Å². The van der Waals surface area contributed by atoms with Gasteiger partial charge in [-0.3, -0.25) is 4.79 Å². The maximum atomic E-state index is 12.2. The second-order valence-electron chi connectivity index (χ2n) is 5.99. The molecule has 3 nitrogen and oxygen atoms in total. The lowest BCUT2D eigenvalue weighted by Crippen LogP contribution is -2.12. The maximum Gasteiger partial charge on any atom is 0.225 e. The highest BCUT2D eigenvalue weighted by Gasteiger charge is 2.21.